The fourth-order valence-electron chi connectivity index (χ4n) is 0.884. The largest absolute Gasteiger partial charge is 0.504 e. The molecule has 1 aromatic carbocycles. The first-order valence-electron chi connectivity index (χ1n) is 5.05. The number of methoxy groups -OCH3 is 1. The number of rotatable bonds is 4. The van der Waals surface area contributed by atoms with Crippen LogP contribution in [0.25, 0.3) is 6.08 Å². The van der Waals surface area contributed by atoms with E-state index in [1.54, 1.807) is 30.3 Å². The number of aliphatic carboxylic acids is 2. The van der Waals surface area contributed by atoms with Crippen LogP contribution in [0, 0.1) is 0 Å². The average molecular weight is 268 g/mol. The van der Waals surface area contributed by atoms with Gasteiger partial charge in [-0.15, -0.1) is 0 Å². The molecule has 0 aliphatic carbocycles. The lowest BCUT2D eigenvalue weighted by Gasteiger charge is -1.90. The van der Waals surface area contributed by atoms with E-state index in [4.69, 9.17) is 10.2 Å². The van der Waals surface area contributed by atoms with Crippen LogP contribution in [0.1, 0.15) is 5.56 Å². The highest BCUT2D eigenvalue weighted by molar-refractivity contribution is 5.89. The van der Waals surface area contributed by atoms with Gasteiger partial charge in [-0.2, -0.15) is 4.39 Å². The Kier molecular flexibility index (Phi) is 8.10. The van der Waals surface area contributed by atoms with Gasteiger partial charge in [0.1, 0.15) is 0 Å². The number of hydrogen-bond acceptors (Lipinski definition) is 3. The molecule has 0 aliphatic heterocycles. The lowest BCUT2D eigenvalue weighted by molar-refractivity contribution is -0.134. The first kappa shape index (κ1) is 16.4. The summed E-state index contributed by atoms with van der Waals surface area (Å²) in [5.41, 5.74) is 0.539. The predicted molar refractivity (Wildman–Crippen MR) is 66.9 cm³/mol. The fourth-order valence-corrected chi connectivity index (χ4v) is 0.884. The van der Waals surface area contributed by atoms with Crippen molar-refractivity contribution in [3.05, 3.63) is 54.1 Å². The van der Waals surface area contributed by atoms with Gasteiger partial charge in [0.05, 0.1) is 19.4 Å². The van der Waals surface area contributed by atoms with Crippen molar-refractivity contribution in [2.45, 2.75) is 0 Å². The van der Waals surface area contributed by atoms with Crippen LogP contribution in [0.4, 0.5) is 4.39 Å². The molecule has 0 amide bonds. The highest BCUT2D eigenvalue weighted by Gasteiger charge is 2.03. The van der Waals surface area contributed by atoms with E-state index in [1.165, 1.54) is 7.11 Å². The number of carbonyl (C=O) groups is 2. The molecule has 1 rings (SSSR count). The summed E-state index contributed by atoms with van der Waals surface area (Å²) in [4.78, 5) is 19.7. The number of hydrogen-bond donors (Lipinski definition) is 2. The first-order chi connectivity index (χ1) is 8.97. The first-order valence-corrected chi connectivity index (χ1v) is 5.05. The minimum atomic E-state index is -1.54. The molecule has 0 fully saturated rings. The Bertz CT molecular complexity index is 465. The molecule has 2 N–H and O–H groups in total. The SMILES string of the molecule is COC=CC(=O)O.O=C(O)C(F)=Cc1ccccc1. The van der Waals surface area contributed by atoms with Crippen molar-refractivity contribution in [1.82, 2.24) is 0 Å². The summed E-state index contributed by atoms with van der Waals surface area (Å²) in [5.74, 6) is -3.69. The molecule has 0 bridgehead atoms. The molecule has 0 unspecified atom stereocenters. The Hall–Kier alpha value is -2.63. The van der Waals surface area contributed by atoms with Crippen LogP contribution in [-0.2, 0) is 14.3 Å². The highest BCUT2D eigenvalue weighted by Crippen LogP contribution is 2.06. The second kappa shape index (κ2) is 9.41. The van der Waals surface area contributed by atoms with Gasteiger partial charge in [0.15, 0.2) is 0 Å². The van der Waals surface area contributed by atoms with Crippen LogP contribution in [0.5, 0.6) is 0 Å². The summed E-state index contributed by atoms with van der Waals surface area (Å²) in [6.07, 6.45) is 2.99. The van der Waals surface area contributed by atoms with Crippen molar-refractivity contribution in [3.8, 4) is 0 Å². The maximum absolute atomic E-state index is 12.5. The summed E-state index contributed by atoms with van der Waals surface area (Å²) in [6, 6.07) is 8.45. The predicted octanol–water partition coefficient (Wildman–Crippen LogP) is 2.31. The van der Waals surface area contributed by atoms with E-state index in [0.717, 1.165) is 18.4 Å². The molecule has 0 saturated heterocycles. The van der Waals surface area contributed by atoms with Crippen molar-refractivity contribution >= 4 is 18.0 Å². The van der Waals surface area contributed by atoms with E-state index in [9.17, 15) is 14.0 Å². The number of benzene rings is 1. The monoisotopic (exact) mass is 268 g/mol. The third kappa shape index (κ3) is 9.11. The van der Waals surface area contributed by atoms with Crippen LogP contribution in [-0.4, -0.2) is 29.3 Å². The number of carboxylic acid groups (broad SMARTS) is 2. The molecule has 1 aromatic rings. The molecular weight excluding hydrogens is 255 g/mol. The van der Waals surface area contributed by atoms with E-state index >= 15 is 0 Å². The molecule has 19 heavy (non-hydrogen) atoms. The van der Waals surface area contributed by atoms with Crippen molar-refractivity contribution in [2.75, 3.05) is 7.11 Å². The van der Waals surface area contributed by atoms with E-state index in [1.807, 2.05) is 0 Å². The van der Waals surface area contributed by atoms with Crippen molar-refractivity contribution < 1.29 is 28.9 Å². The zero-order valence-electron chi connectivity index (χ0n) is 10.1. The van der Waals surface area contributed by atoms with Crippen molar-refractivity contribution in [2.24, 2.45) is 0 Å². The third-order valence-corrected chi connectivity index (χ3v) is 1.64. The van der Waals surface area contributed by atoms with E-state index in [2.05, 4.69) is 4.74 Å². The Labute approximate surface area is 109 Å². The smallest absolute Gasteiger partial charge is 0.364 e. The molecule has 0 saturated carbocycles. The minimum absolute atomic E-state index is 0.539. The summed E-state index contributed by atoms with van der Waals surface area (Å²) >= 11 is 0. The average Bonchev–Trinajstić information content (AvgIpc) is 2.38. The van der Waals surface area contributed by atoms with E-state index in [-0.39, 0.29) is 0 Å². The molecular formula is C13H13FO5. The summed E-state index contributed by atoms with van der Waals surface area (Å²) in [7, 11) is 1.39. The van der Waals surface area contributed by atoms with Gasteiger partial charge < -0.3 is 14.9 Å². The molecule has 0 heterocycles. The zero-order chi connectivity index (χ0) is 14.7. The normalized spacial score (nSPS) is 10.5. The van der Waals surface area contributed by atoms with E-state index < -0.39 is 17.8 Å². The molecule has 102 valence electrons. The summed E-state index contributed by atoms with van der Waals surface area (Å²) < 4.78 is 16.8. The molecule has 0 radical (unpaired) electrons. The Morgan fingerprint density at radius 1 is 1.21 bits per heavy atom. The van der Waals surface area contributed by atoms with Gasteiger partial charge in [-0.1, -0.05) is 30.3 Å². The van der Waals surface area contributed by atoms with Crippen LogP contribution in [0.3, 0.4) is 0 Å². The summed E-state index contributed by atoms with van der Waals surface area (Å²) in [6.45, 7) is 0. The van der Waals surface area contributed by atoms with Crippen LogP contribution >= 0.6 is 0 Å². The van der Waals surface area contributed by atoms with Gasteiger partial charge in [0, 0.05) is 0 Å². The molecule has 6 heteroatoms. The van der Waals surface area contributed by atoms with Gasteiger partial charge in [0.25, 0.3) is 0 Å². The highest BCUT2D eigenvalue weighted by atomic mass is 19.1. The van der Waals surface area contributed by atoms with E-state index in [0.29, 0.717) is 5.56 Å². The molecule has 0 atom stereocenters. The Morgan fingerprint density at radius 3 is 2.16 bits per heavy atom. The van der Waals surface area contributed by atoms with Crippen LogP contribution in [0.15, 0.2) is 48.5 Å². The Balaban J connectivity index is 0.000000399. The zero-order valence-corrected chi connectivity index (χ0v) is 10.1. The third-order valence-electron chi connectivity index (χ3n) is 1.64. The van der Waals surface area contributed by atoms with Gasteiger partial charge in [-0.25, -0.2) is 9.59 Å². The standard InChI is InChI=1S/C9H7FO2.C4H6O3/c10-8(9(11)12)6-7-4-2-1-3-5-7;1-7-3-2-4(5)6/h1-6H,(H,11,12);2-3H,1H3,(H,5,6). The quantitative estimate of drug-likeness (QED) is 0.646. The van der Waals surface area contributed by atoms with Gasteiger partial charge >= 0.3 is 11.9 Å². The topological polar surface area (TPSA) is 83.8 Å². The van der Waals surface area contributed by atoms with Crippen LogP contribution in [0.2, 0.25) is 0 Å². The molecule has 0 aromatic heterocycles. The maximum Gasteiger partial charge on any atom is 0.364 e. The second-order valence-electron chi connectivity index (χ2n) is 3.08. The minimum Gasteiger partial charge on any atom is -0.504 e. The molecule has 0 aliphatic rings. The van der Waals surface area contributed by atoms with Gasteiger partial charge in [-0.05, 0) is 11.6 Å². The van der Waals surface area contributed by atoms with Gasteiger partial charge in [0.2, 0.25) is 5.83 Å². The maximum atomic E-state index is 12.5. The van der Waals surface area contributed by atoms with Gasteiger partial charge in [-0.3, -0.25) is 0 Å². The molecule has 5 nitrogen and oxygen atoms in total. The summed E-state index contributed by atoms with van der Waals surface area (Å²) in [5, 5.41) is 16.1. The number of halogens is 1. The number of carboxylic acids is 2. The van der Waals surface area contributed by atoms with Crippen molar-refractivity contribution in [3.63, 3.8) is 0 Å². The Morgan fingerprint density at radius 2 is 1.79 bits per heavy atom. The van der Waals surface area contributed by atoms with Crippen molar-refractivity contribution in [1.29, 1.82) is 0 Å². The molecule has 0 spiro atoms. The lowest BCUT2D eigenvalue weighted by atomic mass is 10.2. The number of ether oxygens (including phenoxy) is 1. The second-order valence-corrected chi connectivity index (χ2v) is 3.08. The fraction of sp³-hybridized carbons (Fsp3) is 0.0769. The lowest BCUT2D eigenvalue weighted by Crippen LogP contribution is -1.93. The van der Waals surface area contributed by atoms with Crippen LogP contribution < -0.4 is 0 Å².